The van der Waals surface area contributed by atoms with E-state index in [-0.39, 0.29) is 11.7 Å². The summed E-state index contributed by atoms with van der Waals surface area (Å²) in [5.41, 5.74) is 0.799. The number of nitrogens with zero attached hydrogens (tertiary/aromatic N) is 2. The number of carbonyl (C=O) groups is 1. The number of aromatic amines is 1. The van der Waals surface area contributed by atoms with Gasteiger partial charge in [0, 0.05) is 30.4 Å². The van der Waals surface area contributed by atoms with Crippen molar-refractivity contribution >= 4 is 16.6 Å². The quantitative estimate of drug-likeness (QED) is 0.714. The molecule has 0 spiro atoms. The van der Waals surface area contributed by atoms with Gasteiger partial charge in [0.25, 0.3) is 0 Å². The maximum Gasteiger partial charge on any atom is 0.167 e. The molecule has 0 radical (unpaired) electrons. The largest absolute Gasteiger partial charge is 0.497 e. The second kappa shape index (κ2) is 7.30. The summed E-state index contributed by atoms with van der Waals surface area (Å²) in [5, 5.41) is 2.16. The first-order chi connectivity index (χ1) is 12.7. The first-order valence-electron chi connectivity index (χ1n) is 9.05. The summed E-state index contributed by atoms with van der Waals surface area (Å²) in [6, 6.07) is 11.9. The first kappa shape index (κ1) is 16.8. The van der Waals surface area contributed by atoms with Gasteiger partial charge in [0.15, 0.2) is 5.78 Å². The number of nitrogens with one attached hydrogen (secondary N) is 1. The Morgan fingerprint density at radius 2 is 2.12 bits per heavy atom. The number of carbonyl (C=O) groups excluding carboxylic acids is 1. The summed E-state index contributed by atoms with van der Waals surface area (Å²) in [7, 11) is 1.66. The van der Waals surface area contributed by atoms with Gasteiger partial charge in [0.1, 0.15) is 11.6 Å². The fourth-order valence-electron chi connectivity index (χ4n) is 3.75. The van der Waals surface area contributed by atoms with Crippen LogP contribution in [0, 0.1) is 5.92 Å². The van der Waals surface area contributed by atoms with Gasteiger partial charge in [0.2, 0.25) is 0 Å². The van der Waals surface area contributed by atoms with E-state index in [1.54, 1.807) is 13.3 Å². The fourth-order valence-corrected chi connectivity index (χ4v) is 3.75. The number of H-pyrrole nitrogens is 1. The van der Waals surface area contributed by atoms with E-state index in [4.69, 9.17) is 4.74 Å². The number of fused-ring (bicyclic) bond motifs is 1. The van der Waals surface area contributed by atoms with Crippen molar-refractivity contribution in [2.75, 3.05) is 20.2 Å². The summed E-state index contributed by atoms with van der Waals surface area (Å²) >= 11 is 0. The van der Waals surface area contributed by atoms with Gasteiger partial charge in [-0.3, -0.25) is 9.69 Å². The summed E-state index contributed by atoms with van der Waals surface area (Å²) in [4.78, 5) is 22.8. The van der Waals surface area contributed by atoms with Gasteiger partial charge in [-0.05, 0) is 48.4 Å². The highest BCUT2D eigenvalue weighted by atomic mass is 16.5. The van der Waals surface area contributed by atoms with E-state index in [2.05, 4.69) is 14.9 Å². The van der Waals surface area contributed by atoms with Crippen LogP contribution in [0.5, 0.6) is 5.75 Å². The highest BCUT2D eigenvalue weighted by Crippen LogP contribution is 2.26. The van der Waals surface area contributed by atoms with Crippen molar-refractivity contribution in [2.45, 2.75) is 19.4 Å². The van der Waals surface area contributed by atoms with Crippen molar-refractivity contribution < 1.29 is 9.53 Å². The minimum Gasteiger partial charge on any atom is -0.497 e. The molecule has 0 saturated carbocycles. The highest BCUT2D eigenvalue weighted by Gasteiger charge is 2.27. The number of ether oxygens (including phenoxy) is 1. The Balaban J connectivity index is 1.50. The molecule has 1 aliphatic rings. The molecule has 1 fully saturated rings. The van der Waals surface area contributed by atoms with Crippen molar-refractivity contribution in [1.29, 1.82) is 0 Å². The molecule has 0 amide bonds. The standard InChI is InChI=1S/C21H23N3O2/c1-26-19-7-6-15-11-17(5-4-16(15)12-19)21(25)18-3-2-10-24(13-18)14-20-22-8-9-23-20/h4-9,11-12,18H,2-3,10,13-14H2,1H3,(H,22,23)/t18-/m1/s1. The van der Waals surface area contributed by atoms with E-state index in [1.165, 1.54) is 0 Å². The van der Waals surface area contributed by atoms with Gasteiger partial charge in [-0.2, -0.15) is 0 Å². The first-order valence-corrected chi connectivity index (χ1v) is 9.05. The molecular weight excluding hydrogens is 326 g/mol. The zero-order valence-corrected chi connectivity index (χ0v) is 14.9. The van der Waals surface area contributed by atoms with E-state index < -0.39 is 0 Å². The fraction of sp³-hybridized carbons (Fsp3) is 0.333. The Bertz CT molecular complexity index is 905. The van der Waals surface area contributed by atoms with E-state index in [0.29, 0.717) is 0 Å². The van der Waals surface area contributed by atoms with Crippen LogP contribution in [-0.4, -0.2) is 40.9 Å². The predicted molar refractivity (Wildman–Crippen MR) is 101 cm³/mol. The molecule has 3 aromatic rings. The zero-order chi connectivity index (χ0) is 17.9. The molecule has 5 heteroatoms. The SMILES string of the molecule is COc1ccc2cc(C(=O)[C@@H]3CCCN(Cc4ncc[nH]4)C3)ccc2c1. The minimum absolute atomic E-state index is 0.0504. The Labute approximate surface area is 153 Å². The maximum atomic E-state index is 13.0. The molecular formula is C21H23N3O2. The molecule has 1 aromatic heterocycles. The Morgan fingerprint density at radius 1 is 1.27 bits per heavy atom. The van der Waals surface area contributed by atoms with Crippen LogP contribution in [0.3, 0.4) is 0 Å². The van der Waals surface area contributed by atoms with Crippen LogP contribution in [0.25, 0.3) is 10.8 Å². The van der Waals surface area contributed by atoms with Gasteiger partial charge in [-0.1, -0.05) is 18.2 Å². The lowest BCUT2D eigenvalue weighted by Gasteiger charge is -2.31. The van der Waals surface area contributed by atoms with Crippen LogP contribution in [0.4, 0.5) is 0 Å². The summed E-state index contributed by atoms with van der Waals surface area (Å²) in [6.45, 7) is 2.58. The van der Waals surface area contributed by atoms with Gasteiger partial charge in [-0.15, -0.1) is 0 Å². The molecule has 26 heavy (non-hydrogen) atoms. The second-order valence-electron chi connectivity index (χ2n) is 6.90. The average molecular weight is 349 g/mol. The number of benzene rings is 2. The number of hydrogen-bond donors (Lipinski definition) is 1. The lowest BCUT2D eigenvalue weighted by molar-refractivity contribution is 0.0809. The van der Waals surface area contributed by atoms with E-state index >= 15 is 0 Å². The van der Waals surface area contributed by atoms with Crippen LogP contribution in [0.1, 0.15) is 29.0 Å². The second-order valence-corrected chi connectivity index (χ2v) is 6.90. The third kappa shape index (κ3) is 3.48. The van der Waals surface area contributed by atoms with Crippen molar-refractivity contribution in [1.82, 2.24) is 14.9 Å². The Morgan fingerprint density at radius 3 is 2.92 bits per heavy atom. The van der Waals surface area contributed by atoms with Crippen LogP contribution >= 0.6 is 0 Å². The molecule has 1 saturated heterocycles. The molecule has 5 nitrogen and oxygen atoms in total. The number of rotatable bonds is 5. The molecule has 2 aromatic carbocycles. The molecule has 134 valence electrons. The molecule has 0 aliphatic carbocycles. The number of ketones is 1. The van der Waals surface area contributed by atoms with Crippen molar-refractivity contribution in [2.24, 2.45) is 5.92 Å². The number of likely N-dealkylation sites (tertiary alicyclic amines) is 1. The number of imidazole rings is 1. The van der Waals surface area contributed by atoms with Crippen LogP contribution in [0.2, 0.25) is 0 Å². The zero-order valence-electron chi connectivity index (χ0n) is 14.9. The Hall–Kier alpha value is -2.66. The third-order valence-electron chi connectivity index (χ3n) is 5.14. The van der Waals surface area contributed by atoms with Gasteiger partial charge >= 0.3 is 0 Å². The number of Topliss-reactive ketones (excluding diaryl/α,β-unsaturated/α-hetero) is 1. The molecule has 0 unspecified atom stereocenters. The lowest BCUT2D eigenvalue weighted by atomic mass is 9.89. The number of methoxy groups -OCH3 is 1. The summed E-state index contributed by atoms with van der Waals surface area (Å²) in [6.07, 6.45) is 5.61. The molecule has 0 bridgehead atoms. The molecule has 4 rings (SSSR count). The topological polar surface area (TPSA) is 58.2 Å². The van der Waals surface area contributed by atoms with Crippen molar-refractivity contribution in [3.63, 3.8) is 0 Å². The van der Waals surface area contributed by atoms with Gasteiger partial charge < -0.3 is 9.72 Å². The molecule has 1 atom stereocenters. The van der Waals surface area contributed by atoms with E-state index in [1.807, 2.05) is 42.6 Å². The van der Waals surface area contributed by atoms with Crippen molar-refractivity contribution in [3.8, 4) is 5.75 Å². The molecule has 2 heterocycles. The normalized spacial score (nSPS) is 18.1. The average Bonchev–Trinajstić information content (AvgIpc) is 3.19. The monoisotopic (exact) mass is 349 g/mol. The van der Waals surface area contributed by atoms with Crippen LogP contribution < -0.4 is 4.74 Å². The van der Waals surface area contributed by atoms with Crippen LogP contribution in [0.15, 0.2) is 48.8 Å². The number of piperidine rings is 1. The Kier molecular flexibility index (Phi) is 4.71. The highest BCUT2D eigenvalue weighted by molar-refractivity contribution is 6.01. The smallest absolute Gasteiger partial charge is 0.167 e. The maximum absolute atomic E-state index is 13.0. The van der Waals surface area contributed by atoms with Crippen LogP contribution in [-0.2, 0) is 6.54 Å². The summed E-state index contributed by atoms with van der Waals surface area (Å²) in [5.74, 6) is 2.08. The predicted octanol–water partition coefficient (Wildman–Crippen LogP) is 3.67. The molecule has 1 N–H and O–H groups in total. The van der Waals surface area contributed by atoms with Gasteiger partial charge in [-0.25, -0.2) is 4.98 Å². The number of aromatic nitrogens is 2. The van der Waals surface area contributed by atoms with Crippen molar-refractivity contribution in [3.05, 3.63) is 60.2 Å². The van der Waals surface area contributed by atoms with E-state index in [0.717, 1.165) is 60.4 Å². The molecule has 1 aliphatic heterocycles. The summed E-state index contributed by atoms with van der Waals surface area (Å²) < 4.78 is 5.27. The van der Waals surface area contributed by atoms with Gasteiger partial charge in [0.05, 0.1) is 13.7 Å². The lowest BCUT2D eigenvalue weighted by Crippen LogP contribution is -2.38. The number of hydrogen-bond acceptors (Lipinski definition) is 4. The third-order valence-corrected chi connectivity index (χ3v) is 5.14. The minimum atomic E-state index is 0.0504. The van der Waals surface area contributed by atoms with E-state index in [9.17, 15) is 4.79 Å².